The Morgan fingerprint density at radius 2 is 1.91 bits per heavy atom. The van der Waals surface area contributed by atoms with Gasteiger partial charge in [-0.25, -0.2) is 9.59 Å². The lowest BCUT2D eigenvalue weighted by Crippen LogP contribution is -2.08. The molecule has 1 aromatic carbocycles. The average Bonchev–Trinajstić information content (AvgIpc) is 2.93. The van der Waals surface area contributed by atoms with E-state index in [1.54, 1.807) is 28.8 Å². The maximum Gasteiger partial charge on any atom is 0.355 e. The summed E-state index contributed by atoms with van der Waals surface area (Å²) >= 11 is 0. The summed E-state index contributed by atoms with van der Waals surface area (Å²) in [6.45, 7) is 0.187. The second kappa shape index (κ2) is 6.08. The molecule has 5 nitrogen and oxygen atoms in total. The molecule has 0 saturated heterocycles. The maximum atomic E-state index is 12.3. The zero-order valence-electron chi connectivity index (χ0n) is 11.6. The van der Waals surface area contributed by atoms with Gasteiger partial charge in [-0.05, 0) is 23.8 Å². The van der Waals surface area contributed by atoms with E-state index < -0.39 is 5.97 Å². The zero-order chi connectivity index (χ0) is 15.4. The molecule has 0 fully saturated rings. The topological polar surface area (TPSA) is 60.1 Å². The van der Waals surface area contributed by atoms with Crippen molar-refractivity contribution in [2.75, 3.05) is 0 Å². The van der Waals surface area contributed by atoms with Crippen molar-refractivity contribution in [2.45, 2.75) is 6.61 Å². The number of benzene rings is 1. The molecular formula is C17H12N2O3. The first-order valence-electron chi connectivity index (χ1n) is 6.68. The van der Waals surface area contributed by atoms with Crippen LogP contribution in [0.5, 0.6) is 0 Å². The highest BCUT2D eigenvalue weighted by Crippen LogP contribution is 2.25. The van der Waals surface area contributed by atoms with Crippen molar-refractivity contribution in [3.05, 3.63) is 72.1 Å². The molecule has 0 saturated carbocycles. The van der Waals surface area contributed by atoms with Gasteiger partial charge < -0.3 is 9.14 Å². The van der Waals surface area contributed by atoms with Gasteiger partial charge in [-0.3, -0.25) is 0 Å². The molecule has 2 heterocycles. The molecule has 0 amide bonds. The summed E-state index contributed by atoms with van der Waals surface area (Å²) in [4.78, 5) is 26.4. The first-order valence-corrected chi connectivity index (χ1v) is 6.68. The molecule has 3 aromatic rings. The molecule has 0 aliphatic rings. The quantitative estimate of drug-likeness (QED) is 0.421. The molecule has 5 heteroatoms. The standard InChI is InChI=1S/C17H12N2O3/c20-12-18-14-10-16(19-9-5-4-8-15(14)19)17(21)22-11-13-6-2-1-3-7-13/h1-10H,11H2. The smallest absolute Gasteiger partial charge is 0.355 e. The second-order valence-corrected chi connectivity index (χ2v) is 4.64. The van der Waals surface area contributed by atoms with Crippen LogP contribution < -0.4 is 0 Å². The maximum absolute atomic E-state index is 12.3. The van der Waals surface area contributed by atoms with Gasteiger partial charge in [0.2, 0.25) is 6.08 Å². The van der Waals surface area contributed by atoms with Gasteiger partial charge in [0.15, 0.2) is 0 Å². The molecule has 3 rings (SSSR count). The van der Waals surface area contributed by atoms with E-state index in [-0.39, 0.29) is 6.61 Å². The van der Waals surface area contributed by atoms with E-state index in [1.165, 1.54) is 12.1 Å². The van der Waals surface area contributed by atoms with Crippen LogP contribution in [0, 0.1) is 0 Å². The molecular weight excluding hydrogens is 280 g/mol. The SMILES string of the molecule is O=C=Nc1cc(C(=O)OCc2ccccc2)n2ccccc12. The number of hydrogen-bond donors (Lipinski definition) is 0. The highest BCUT2D eigenvalue weighted by Gasteiger charge is 2.16. The number of carbonyl (C=O) groups is 1. The molecule has 0 unspecified atom stereocenters. The van der Waals surface area contributed by atoms with E-state index in [4.69, 9.17) is 4.74 Å². The van der Waals surface area contributed by atoms with Gasteiger partial charge in [0.05, 0.1) is 5.52 Å². The number of hydrogen-bond acceptors (Lipinski definition) is 4. The number of isocyanates is 1. The van der Waals surface area contributed by atoms with Crippen LogP contribution >= 0.6 is 0 Å². The van der Waals surface area contributed by atoms with E-state index in [0.29, 0.717) is 16.9 Å². The third-order valence-corrected chi connectivity index (χ3v) is 3.24. The zero-order valence-corrected chi connectivity index (χ0v) is 11.6. The summed E-state index contributed by atoms with van der Waals surface area (Å²) in [5.74, 6) is -0.475. The third-order valence-electron chi connectivity index (χ3n) is 3.24. The monoisotopic (exact) mass is 292 g/mol. The van der Waals surface area contributed by atoms with E-state index >= 15 is 0 Å². The summed E-state index contributed by atoms with van der Waals surface area (Å²) in [6, 6.07) is 16.3. The molecule has 108 valence electrons. The Balaban J connectivity index is 1.89. The predicted octanol–water partition coefficient (Wildman–Crippen LogP) is 3.26. The second-order valence-electron chi connectivity index (χ2n) is 4.64. The van der Waals surface area contributed by atoms with Gasteiger partial charge in [0, 0.05) is 6.20 Å². The van der Waals surface area contributed by atoms with E-state index in [0.717, 1.165) is 5.56 Å². The molecule has 0 atom stereocenters. The van der Waals surface area contributed by atoms with Gasteiger partial charge in [-0.1, -0.05) is 36.4 Å². The summed E-state index contributed by atoms with van der Waals surface area (Å²) in [5.41, 5.74) is 2.27. The molecule has 0 aliphatic heterocycles. The number of aliphatic imine (C=N–C) groups is 1. The lowest BCUT2D eigenvalue weighted by Gasteiger charge is -2.05. The normalized spacial score (nSPS) is 10.2. The van der Waals surface area contributed by atoms with Crippen molar-refractivity contribution in [3.8, 4) is 0 Å². The van der Waals surface area contributed by atoms with Crippen LogP contribution in [0.4, 0.5) is 5.69 Å². The van der Waals surface area contributed by atoms with Crippen molar-refractivity contribution < 1.29 is 14.3 Å². The highest BCUT2D eigenvalue weighted by molar-refractivity contribution is 5.93. The Kier molecular flexibility index (Phi) is 3.81. The molecule has 0 radical (unpaired) electrons. The van der Waals surface area contributed by atoms with Crippen molar-refractivity contribution in [3.63, 3.8) is 0 Å². The Bertz CT molecular complexity index is 862. The van der Waals surface area contributed by atoms with E-state index in [1.807, 2.05) is 30.3 Å². The third kappa shape index (κ3) is 2.66. The van der Waals surface area contributed by atoms with E-state index in [2.05, 4.69) is 4.99 Å². The molecule has 2 aromatic heterocycles. The number of aromatic nitrogens is 1. The molecule has 0 spiro atoms. The number of fused-ring (bicyclic) bond motifs is 1. The molecule has 0 aliphatic carbocycles. The Morgan fingerprint density at radius 3 is 2.68 bits per heavy atom. The van der Waals surface area contributed by atoms with Crippen molar-refractivity contribution >= 4 is 23.3 Å². The predicted molar refractivity (Wildman–Crippen MR) is 80.7 cm³/mol. The van der Waals surface area contributed by atoms with Crippen LogP contribution in [0.2, 0.25) is 0 Å². The molecule has 0 N–H and O–H groups in total. The number of rotatable bonds is 4. The van der Waals surface area contributed by atoms with Crippen LogP contribution in [-0.4, -0.2) is 16.4 Å². The summed E-state index contributed by atoms with van der Waals surface area (Å²) in [6.07, 6.45) is 3.22. The van der Waals surface area contributed by atoms with Gasteiger partial charge >= 0.3 is 5.97 Å². The minimum Gasteiger partial charge on any atom is -0.456 e. The number of ether oxygens (including phenoxy) is 1. The Hall–Kier alpha value is -3.17. The lowest BCUT2D eigenvalue weighted by molar-refractivity contribution is 0.0464. The number of pyridine rings is 1. The summed E-state index contributed by atoms with van der Waals surface area (Å²) in [5, 5.41) is 0. The van der Waals surface area contributed by atoms with Crippen LogP contribution in [0.1, 0.15) is 16.1 Å². The fourth-order valence-corrected chi connectivity index (χ4v) is 2.23. The first kappa shape index (κ1) is 13.8. The van der Waals surface area contributed by atoms with Gasteiger partial charge in [-0.15, -0.1) is 0 Å². The Morgan fingerprint density at radius 1 is 1.14 bits per heavy atom. The van der Waals surface area contributed by atoms with Gasteiger partial charge in [0.1, 0.15) is 18.0 Å². The van der Waals surface area contributed by atoms with Crippen LogP contribution in [-0.2, 0) is 16.1 Å². The van der Waals surface area contributed by atoms with Crippen molar-refractivity contribution in [1.29, 1.82) is 0 Å². The van der Waals surface area contributed by atoms with Crippen LogP contribution in [0.15, 0.2) is 65.8 Å². The minimum absolute atomic E-state index is 0.187. The summed E-state index contributed by atoms with van der Waals surface area (Å²) in [7, 11) is 0. The number of nitrogens with zero attached hydrogens (tertiary/aromatic N) is 2. The fraction of sp³-hybridized carbons (Fsp3) is 0.0588. The van der Waals surface area contributed by atoms with Crippen LogP contribution in [0.3, 0.4) is 0 Å². The molecule has 22 heavy (non-hydrogen) atoms. The summed E-state index contributed by atoms with van der Waals surface area (Å²) < 4.78 is 6.96. The number of esters is 1. The minimum atomic E-state index is -0.475. The van der Waals surface area contributed by atoms with Crippen molar-refractivity contribution in [1.82, 2.24) is 4.40 Å². The largest absolute Gasteiger partial charge is 0.456 e. The first-order chi connectivity index (χ1) is 10.8. The van der Waals surface area contributed by atoms with Gasteiger partial charge in [0.25, 0.3) is 0 Å². The highest BCUT2D eigenvalue weighted by atomic mass is 16.5. The van der Waals surface area contributed by atoms with Crippen molar-refractivity contribution in [2.24, 2.45) is 4.99 Å². The Labute approximate surface area is 126 Å². The van der Waals surface area contributed by atoms with Crippen LogP contribution in [0.25, 0.3) is 5.52 Å². The average molecular weight is 292 g/mol. The van der Waals surface area contributed by atoms with E-state index in [9.17, 15) is 9.59 Å². The number of carbonyl (C=O) groups excluding carboxylic acids is 2. The molecule has 0 bridgehead atoms. The fourth-order valence-electron chi connectivity index (χ4n) is 2.23. The van der Waals surface area contributed by atoms with Gasteiger partial charge in [-0.2, -0.15) is 4.99 Å². The lowest BCUT2D eigenvalue weighted by atomic mass is 10.2.